The molecule has 2 heterocycles. The number of rotatable bonds is 6. The highest BCUT2D eigenvalue weighted by atomic mass is 16.2. The zero-order valence-electron chi connectivity index (χ0n) is 19.5. The van der Waals surface area contributed by atoms with Crippen molar-refractivity contribution >= 4 is 11.7 Å². The van der Waals surface area contributed by atoms with Gasteiger partial charge in [0.1, 0.15) is 11.6 Å². The van der Waals surface area contributed by atoms with E-state index in [-0.39, 0.29) is 5.92 Å². The maximum Gasteiger partial charge on any atom is 0.225 e. The highest BCUT2D eigenvalue weighted by Gasteiger charge is 2.32. The molecule has 31 heavy (non-hydrogen) atoms. The number of aryl methyl sites for hydroxylation is 2. The van der Waals surface area contributed by atoms with E-state index in [0.29, 0.717) is 11.8 Å². The molecule has 2 fully saturated rings. The zero-order valence-corrected chi connectivity index (χ0v) is 19.5. The van der Waals surface area contributed by atoms with Gasteiger partial charge in [-0.3, -0.25) is 4.79 Å². The summed E-state index contributed by atoms with van der Waals surface area (Å²) in [6, 6.07) is 8.75. The molecule has 1 saturated heterocycles. The smallest absolute Gasteiger partial charge is 0.225 e. The van der Waals surface area contributed by atoms with Crippen LogP contribution in [0.3, 0.4) is 0 Å². The van der Waals surface area contributed by atoms with Gasteiger partial charge >= 0.3 is 0 Å². The fraction of sp³-hybridized carbons (Fsp3) is 0.577. The molecule has 1 aromatic heterocycles. The van der Waals surface area contributed by atoms with E-state index in [4.69, 9.17) is 9.97 Å². The molecule has 0 N–H and O–H groups in total. The Balaban J connectivity index is 1.58. The Morgan fingerprint density at radius 1 is 1.06 bits per heavy atom. The predicted octanol–water partition coefficient (Wildman–Crippen LogP) is 4.65. The summed E-state index contributed by atoms with van der Waals surface area (Å²) in [4.78, 5) is 27.1. The Morgan fingerprint density at radius 3 is 2.32 bits per heavy atom. The summed E-state index contributed by atoms with van der Waals surface area (Å²) in [6.45, 7) is 11.9. The predicted molar refractivity (Wildman–Crippen MR) is 126 cm³/mol. The molecule has 5 heteroatoms. The highest BCUT2D eigenvalue weighted by molar-refractivity contribution is 5.80. The largest absolute Gasteiger partial charge is 0.353 e. The van der Waals surface area contributed by atoms with E-state index in [1.165, 1.54) is 23.1 Å². The van der Waals surface area contributed by atoms with Crippen LogP contribution in [-0.2, 0) is 11.2 Å². The molecule has 166 valence electrons. The number of aromatic nitrogens is 2. The third kappa shape index (κ3) is 4.76. The summed E-state index contributed by atoms with van der Waals surface area (Å²) in [5.41, 5.74) is 4.86. The number of piperazine rings is 1. The third-order valence-electron chi connectivity index (χ3n) is 7.11. The van der Waals surface area contributed by atoms with Gasteiger partial charge in [-0.1, -0.05) is 50.1 Å². The maximum absolute atomic E-state index is 12.7. The van der Waals surface area contributed by atoms with Crippen LogP contribution in [0.15, 0.2) is 24.3 Å². The van der Waals surface area contributed by atoms with Crippen molar-refractivity contribution in [1.82, 2.24) is 14.9 Å². The molecular weight excluding hydrogens is 384 g/mol. The Hall–Kier alpha value is -2.43. The Bertz CT molecular complexity index is 912. The molecule has 1 aliphatic carbocycles. The fourth-order valence-corrected chi connectivity index (χ4v) is 4.44. The quantitative estimate of drug-likeness (QED) is 0.683. The molecule has 1 amide bonds. The van der Waals surface area contributed by atoms with Gasteiger partial charge < -0.3 is 9.80 Å². The minimum Gasteiger partial charge on any atom is -0.353 e. The second-order valence-electron chi connectivity index (χ2n) is 9.38. The summed E-state index contributed by atoms with van der Waals surface area (Å²) in [6.07, 6.45) is 5.22. The summed E-state index contributed by atoms with van der Waals surface area (Å²) in [5.74, 6) is 2.99. The van der Waals surface area contributed by atoms with Crippen LogP contribution in [0.4, 0.5) is 5.82 Å². The van der Waals surface area contributed by atoms with E-state index in [9.17, 15) is 4.79 Å². The van der Waals surface area contributed by atoms with Gasteiger partial charge in [-0.15, -0.1) is 0 Å². The fourth-order valence-electron chi connectivity index (χ4n) is 4.44. The molecule has 4 rings (SSSR count). The minimum absolute atomic E-state index is 0.280. The lowest BCUT2D eigenvalue weighted by Crippen LogP contribution is -2.51. The molecule has 0 radical (unpaired) electrons. The summed E-state index contributed by atoms with van der Waals surface area (Å²) < 4.78 is 0. The maximum atomic E-state index is 12.7. The van der Waals surface area contributed by atoms with Gasteiger partial charge in [0.05, 0.1) is 0 Å². The van der Waals surface area contributed by atoms with E-state index in [0.717, 1.165) is 69.2 Å². The van der Waals surface area contributed by atoms with Gasteiger partial charge in [0, 0.05) is 55.7 Å². The SMILES string of the molecule is CC[C@@H](C)c1nc(C)c(Cc2ccc(C)cc2)c(N2CCN(C(=O)C3CCC3)CC2)n1. The van der Waals surface area contributed by atoms with Gasteiger partial charge in [-0.05, 0) is 38.7 Å². The van der Waals surface area contributed by atoms with Crippen LogP contribution in [0.5, 0.6) is 0 Å². The van der Waals surface area contributed by atoms with Crippen molar-refractivity contribution < 1.29 is 4.79 Å². The van der Waals surface area contributed by atoms with Gasteiger partial charge in [-0.25, -0.2) is 9.97 Å². The highest BCUT2D eigenvalue weighted by Crippen LogP contribution is 2.30. The standard InChI is InChI=1S/C26H36N4O/c1-5-19(3)24-27-20(4)23(17-21-11-9-18(2)10-12-21)25(28-24)29-13-15-30(16-14-29)26(31)22-7-6-8-22/h9-12,19,22H,5-8,13-17H2,1-4H3/t19-/m1/s1. The number of hydrogen-bond acceptors (Lipinski definition) is 4. The second-order valence-corrected chi connectivity index (χ2v) is 9.38. The summed E-state index contributed by atoms with van der Waals surface area (Å²) in [5, 5.41) is 0. The van der Waals surface area contributed by atoms with E-state index in [2.05, 4.69) is 61.8 Å². The Morgan fingerprint density at radius 2 is 1.74 bits per heavy atom. The van der Waals surface area contributed by atoms with Crippen molar-refractivity contribution in [1.29, 1.82) is 0 Å². The van der Waals surface area contributed by atoms with Crippen LogP contribution < -0.4 is 4.90 Å². The number of nitrogens with zero attached hydrogens (tertiary/aromatic N) is 4. The molecule has 2 aromatic rings. The number of carbonyl (C=O) groups is 1. The number of anilines is 1. The molecular formula is C26H36N4O. The minimum atomic E-state index is 0.280. The normalized spacial score (nSPS) is 18.1. The first-order valence-corrected chi connectivity index (χ1v) is 11.9. The van der Waals surface area contributed by atoms with Crippen molar-refractivity contribution in [2.24, 2.45) is 5.92 Å². The van der Waals surface area contributed by atoms with Crippen LogP contribution >= 0.6 is 0 Å². The van der Waals surface area contributed by atoms with Crippen molar-refractivity contribution in [2.75, 3.05) is 31.1 Å². The average Bonchev–Trinajstić information content (AvgIpc) is 2.74. The molecule has 0 bridgehead atoms. The first kappa shape index (κ1) is 21.8. The molecule has 1 aliphatic heterocycles. The zero-order chi connectivity index (χ0) is 22.0. The average molecular weight is 421 g/mol. The van der Waals surface area contributed by atoms with E-state index >= 15 is 0 Å². The van der Waals surface area contributed by atoms with Crippen LogP contribution in [-0.4, -0.2) is 47.0 Å². The van der Waals surface area contributed by atoms with Crippen molar-refractivity contribution in [2.45, 2.75) is 65.7 Å². The van der Waals surface area contributed by atoms with Gasteiger partial charge in [0.2, 0.25) is 5.91 Å². The second kappa shape index (κ2) is 9.37. The van der Waals surface area contributed by atoms with Crippen molar-refractivity contribution in [3.05, 3.63) is 52.5 Å². The van der Waals surface area contributed by atoms with Crippen LogP contribution in [0, 0.1) is 19.8 Å². The number of hydrogen-bond donors (Lipinski definition) is 0. The number of carbonyl (C=O) groups excluding carboxylic acids is 1. The monoisotopic (exact) mass is 420 g/mol. The lowest BCUT2D eigenvalue weighted by Gasteiger charge is -2.39. The Kier molecular flexibility index (Phi) is 6.59. The van der Waals surface area contributed by atoms with Crippen molar-refractivity contribution in [3.8, 4) is 0 Å². The van der Waals surface area contributed by atoms with E-state index in [1.54, 1.807) is 0 Å². The molecule has 0 unspecified atom stereocenters. The first-order valence-electron chi connectivity index (χ1n) is 11.9. The summed E-state index contributed by atoms with van der Waals surface area (Å²) in [7, 11) is 0. The number of benzene rings is 1. The molecule has 1 atom stereocenters. The van der Waals surface area contributed by atoms with Gasteiger partial charge in [-0.2, -0.15) is 0 Å². The first-order chi connectivity index (χ1) is 15.0. The molecule has 5 nitrogen and oxygen atoms in total. The van der Waals surface area contributed by atoms with Crippen LogP contribution in [0.25, 0.3) is 0 Å². The number of amides is 1. The van der Waals surface area contributed by atoms with E-state index < -0.39 is 0 Å². The lowest BCUT2D eigenvalue weighted by atomic mass is 9.84. The molecule has 1 saturated carbocycles. The molecule has 0 spiro atoms. The topological polar surface area (TPSA) is 49.3 Å². The molecule has 1 aromatic carbocycles. The summed E-state index contributed by atoms with van der Waals surface area (Å²) >= 11 is 0. The third-order valence-corrected chi connectivity index (χ3v) is 7.11. The van der Waals surface area contributed by atoms with Crippen LogP contribution in [0.1, 0.15) is 73.7 Å². The Labute approximate surface area is 186 Å². The van der Waals surface area contributed by atoms with Crippen LogP contribution in [0.2, 0.25) is 0 Å². The van der Waals surface area contributed by atoms with Gasteiger partial charge in [0.25, 0.3) is 0 Å². The van der Waals surface area contributed by atoms with E-state index in [1.807, 2.05) is 0 Å². The van der Waals surface area contributed by atoms with Gasteiger partial charge in [0.15, 0.2) is 0 Å². The lowest BCUT2D eigenvalue weighted by molar-refractivity contribution is -0.138. The molecule has 2 aliphatic rings. The van der Waals surface area contributed by atoms with Crippen molar-refractivity contribution in [3.63, 3.8) is 0 Å².